The summed E-state index contributed by atoms with van der Waals surface area (Å²) in [6.45, 7) is 2.96. The van der Waals surface area contributed by atoms with E-state index >= 15 is 0 Å². The van der Waals surface area contributed by atoms with Crippen LogP contribution >= 0.6 is 22.9 Å². The van der Waals surface area contributed by atoms with Gasteiger partial charge >= 0.3 is 0 Å². The van der Waals surface area contributed by atoms with Gasteiger partial charge < -0.3 is 4.74 Å². The molecule has 0 aliphatic heterocycles. The van der Waals surface area contributed by atoms with Crippen molar-refractivity contribution in [2.45, 2.75) is 44.9 Å². The zero-order valence-electron chi connectivity index (χ0n) is 12.5. The second-order valence-electron chi connectivity index (χ2n) is 5.07. The van der Waals surface area contributed by atoms with Gasteiger partial charge in [0.25, 0.3) is 0 Å². The average Bonchev–Trinajstić information content (AvgIpc) is 2.97. The third kappa shape index (κ3) is 5.68. The highest BCUT2D eigenvalue weighted by Gasteiger charge is 2.01. The molecule has 0 unspecified atom stereocenters. The fourth-order valence-electron chi connectivity index (χ4n) is 2.13. The number of alkyl halides is 1. The number of aromatic nitrogens is 1. The van der Waals surface area contributed by atoms with E-state index in [-0.39, 0.29) is 0 Å². The predicted octanol–water partition coefficient (Wildman–Crippen LogP) is 5.24. The Balaban J connectivity index is 1.63. The summed E-state index contributed by atoms with van der Waals surface area (Å²) in [7, 11) is 0. The number of benzene rings is 1. The lowest BCUT2D eigenvalue weighted by atomic mass is 10.1. The van der Waals surface area contributed by atoms with Crippen LogP contribution in [0.5, 0.6) is 5.75 Å². The van der Waals surface area contributed by atoms with E-state index in [0.29, 0.717) is 5.88 Å². The minimum atomic E-state index is 0.508. The van der Waals surface area contributed by atoms with Crippen LogP contribution in [-0.4, -0.2) is 11.6 Å². The Morgan fingerprint density at radius 2 is 1.95 bits per heavy atom. The van der Waals surface area contributed by atoms with Gasteiger partial charge in [-0.15, -0.1) is 22.9 Å². The van der Waals surface area contributed by atoms with Crippen molar-refractivity contribution >= 4 is 22.9 Å². The number of hydrogen-bond donors (Lipinski definition) is 0. The van der Waals surface area contributed by atoms with Gasteiger partial charge in [0.15, 0.2) is 0 Å². The molecule has 0 fully saturated rings. The number of rotatable bonds is 9. The molecule has 2 rings (SSSR count). The summed E-state index contributed by atoms with van der Waals surface area (Å²) in [5.74, 6) is 1.47. The molecule has 0 saturated carbocycles. The van der Waals surface area contributed by atoms with Crippen LogP contribution in [0.3, 0.4) is 0 Å². The molecular formula is C17H22ClNOS. The van der Waals surface area contributed by atoms with Gasteiger partial charge in [0.05, 0.1) is 23.2 Å². The van der Waals surface area contributed by atoms with Crippen LogP contribution in [0, 0.1) is 0 Å². The third-order valence-electron chi connectivity index (χ3n) is 3.25. The highest BCUT2D eigenvalue weighted by Crippen LogP contribution is 2.16. The van der Waals surface area contributed by atoms with Crippen LogP contribution in [0.15, 0.2) is 29.6 Å². The molecule has 0 spiro atoms. The number of unbranched alkanes of at least 4 members (excludes halogenated alkanes) is 1. The van der Waals surface area contributed by atoms with Gasteiger partial charge in [-0.3, -0.25) is 0 Å². The standard InChI is InChI=1S/C17H22ClNOS/c1-2-5-14-7-9-16(10-8-14)20-11-4-3-6-17-19-15(12-18)13-21-17/h7-10,13H,2-6,11-12H2,1H3. The molecule has 0 bridgehead atoms. The quantitative estimate of drug-likeness (QED) is 0.465. The first-order valence-corrected chi connectivity index (χ1v) is 8.94. The van der Waals surface area contributed by atoms with E-state index in [1.165, 1.54) is 17.0 Å². The molecule has 21 heavy (non-hydrogen) atoms. The van der Waals surface area contributed by atoms with E-state index in [9.17, 15) is 0 Å². The number of hydrogen-bond acceptors (Lipinski definition) is 3. The molecule has 1 aromatic heterocycles. The van der Waals surface area contributed by atoms with E-state index in [2.05, 4.69) is 36.2 Å². The van der Waals surface area contributed by atoms with Gasteiger partial charge in [-0.1, -0.05) is 25.5 Å². The monoisotopic (exact) mass is 323 g/mol. The molecule has 1 aromatic carbocycles. The Labute approximate surface area is 136 Å². The average molecular weight is 324 g/mol. The highest BCUT2D eigenvalue weighted by atomic mass is 35.5. The summed E-state index contributed by atoms with van der Waals surface area (Å²) in [6, 6.07) is 8.45. The van der Waals surface area contributed by atoms with Crippen molar-refractivity contribution in [1.29, 1.82) is 0 Å². The maximum Gasteiger partial charge on any atom is 0.119 e. The van der Waals surface area contributed by atoms with Crippen molar-refractivity contribution < 1.29 is 4.74 Å². The van der Waals surface area contributed by atoms with Crippen molar-refractivity contribution in [3.63, 3.8) is 0 Å². The Morgan fingerprint density at radius 3 is 2.62 bits per heavy atom. The Hall–Kier alpha value is -1.06. The SMILES string of the molecule is CCCc1ccc(OCCCCc2nc(CCl)cs2)cc1. The van der Waals surface area contributed by atoms with E-state index in [1.54, 1.807) is 11.3 Å². The summed E-state index contributed by atoms with van der Waals surface area (Å²) in [4.78, 5) is 4.46. The van der Waals surface area contributed by atoms with Gasteiger partial charge in [-0.2, -0.15) is 0 Å². The Morgan fingerprint density at radius 1 is 1.14 bits per heavy atom. The maximum atomic E-state index is 5.77. The Kier molecular flexibility index (Phi) is 7.04. The van der Waals surface area contributed by atoms with Crippen LogP contribution < -0.4 is 4.74 Å². The molecule has 0 radical (unpaired) electrons. The topological polar surface area (TPSA) is 22.1 Å². The highest BCUT2D eigenvalue weighted by molar-refractivity contribution is 7.09. The molecule has 1 heterocycles. The fraction of sp³-hybridized carbons (Fsp3) is 0.471. The molecule has 4 heteroatoms. The summed E-state index contributed by atoms with van der Waals surface area (Å²) < 4.78 is 5.77. The zero-order valence-corrected chi connectivity index (χ0v) is 14.1. The first-order valence-electron chi connectivity index (χ1n) is 7.52. The first kappa shape index (κ1) is 16.3. The second-order valence-corrected chi connectivity index (χ2v) is 6.28. The summed E-state index contributed by atoms with van der Waals surface area (Å²) >= 11 is 7.45. The van der Waals surface area contributed by atoms with Gasteiger partial charge in [0.2, 0.25) is 0 Å². The van der Waals surface area contributed by atoms with Crippen LogP contribution in [0.1, 0.15) is 42.5 Å². The van der Waals surface area contributed by atoms with Crippen LogP contribution in [0.4, 0.5) is 0 Å². The van der Waals surface area contributed by atoms with E-state index in [0.717, 1.165) is 43.7 Å². The van der Waals surface area contributed by atoms with E-state index < -0.39 is 0 Å². The van der Waals surface area contributed by atoms with Crippen molar-refractivity contribution in [2.24, 2.45) is 0 Å². The predicted molar refractivity (Wildman–Crippen MR) is 90.5 cm³/mol. The molecule has 0 atom stereocenters. The lowest BCUT2D eigenvalue weighted by molar-refractivity contribution is 0.307. The van der Waals surface area contributed by atoms with Crippen molar-refractivity contribution in [1.82, 2.24) is 4.98 Å². The number of nitrogens with zero attached hydrogens (tertiary/aromatic N) is 1. The zero-order chi connectivity index (χ0) is 14.9. The number of aryl methyl sites for hydroxylation is 2. The maximum absolute atomic E-state index is 5.77. The largest absolute Gasteiger partial charge is 0.494 e. The van der Waals surface area contributed by atoms with Gasteiger partial charge in [0.1, 0.15) is 5.75 Å². The van der Waals surface area contributed by atoms with Crippen LogP contribution in [0.2, 0.25) is 0 Å². The minimum absolute atomic E-state index is 0.508. The summed E-state index contributed by atoms with van der Waals surface area (Å²) in [6.07, 6.45) is 5.48. The second kappa shape index (κ2) is 9.06. The molecule has 0 saturated heterocycles. The van der Waals surface area contributed by atoms with Crippen molar-refractivity contribution in [3.05, 3.63) is 45.9 Å². The molecule has 0 aliphatic rings. The molecular weight excluding hydrogens is 302 g/mol. The molecule has 2 nitrogen and oxygen atoms in total. The van der Waals surface area contributed by atoms with Gasteiger partial charge in [0, 0.05) is 5.38 Å². The lowest BCUT2D eigenvalue weighted by Gasteiger charge is -2.06. The molecule has 114 valence electrons. The smallest absolute Gasteiger partial charge is 0.119 e. The molecule has 2 aromatic rings. The number of thiazole rings is 1. The van der Waals surface area contributed by atoms with Gasteiger partial charge in [-0.05, 0) is 43.4 Å². The Bertz CT molecular complexity index is 524. The molecule has 0 N–H and O–H groups in total. The van der Waals surface area contributed by atoms with Gasteiger partial charge in [-0.25, -0.2) is 4.98 Å². The van der Waals surface area contributed by atoms with E-state index in [1.807, 2.05) is 5.38 Å². The number of ether oxygens (including phenoxy) is 1. The number of halogens is 1. The summed E-state index contributed by atoms with van der Waals surface area (Å²) in [5, 5.41) is 3.21. The van der Waals surface area contributed by atoms with Crippen molar-refractivity contribution in [2.75, 3.05) is 6.61 Å². The van der Waals surface area contributed by atoms with Crippen LogP contribution in [0.25, 0.3) is 0 Å². The van der Waals surface area contributed by atoms with E-state index in [4.69, 9.17) is 16.3 Å². The summed E-state index contributed by atoms with van der Waals surface area (Å²) in [5.41, 5.74) is 2.36. The van der Waals surface area contributed by atoms with Crippen molar-refractivity contribution in [3.8, 4) is 5.75 Å². The van der Waals surface area contributed by atoms with Crippen LogP contribution in [-0.2, 0) is 18.7 Å². The molecule has 0 amide bonds. The minimum Gasteiger partial charge on any atom is -0.494 e. The first-order chi connectivity index (χ1) is 10.3. The lowest BCUT2D eigenvalue weighted by Crippen LogP contribution is -1.98. The third-order valence-corrected chi connectivity index (χ3v) is 4.48. The normalized spacial score (nSPS) is 10.8. The fourth-order valence-corrected chi connectivity index (χ4v) is 3.20. The molecule has 0 aliphatic carbocycles.